The van der Waals surface area contributed by atoms with Crippen molar-refractivity contribution >= 4 is 29.1 Å². The van der Waals surface area contributed by atoms with E-state index in [1.807, 2.05) is 0 Å². The summed E-state index contributed by atoms with van der Waals surface area (Å²) >= 11 is 5.69. The molecule has 1 saturated heterocycles. The molecule has 5 heteroatoms. The van der Waals surface area contributed by atoms with Gasteiger partial charge in [-0.25, -0.2) is 9.29 Å². The lowest BCUT2D eigenvalue weighted by atomic mass is 9.81. The lowest BCUT2D eigenvalue weighted by molar-refractivity contribution is -0.122. The molecule has 1 aromatic rings. The largest absolute Gasteiger partial charge is 0.274 e. The Hall–Kier alpha value is -1.42. The zero-order chi connectivity index (χ0) is 13.6. The van der Waals surface area contributed by atoms with Crippen LogP contribution in [0.2, 0.25) is 5.02 Å². The van der Waals surface area contributed by atoms with Crippen LogP contribution in [0, 0.1) is 17.7 Å². The van der Waals surface area contributed by atoms with E-state index in [9.17, 15) is 14.0 Å². The number of anilines is 1. The molecule has 1 aromatic carbocycles. The molecule has 0 unspecified atom stereocenters. The summed E-state index contributed by atoms with van der Waals surface area (Å²) in [6, 6.07) is 4.01. The molecule has 2 fully saturated rings. The third-order valence-corrected chi connectivity index (χ3v) is 4.23. The fourth-order valence-corrected chi connectivity index (χ4v) is 3.22. The van der Waals surface area contributed by atoms with Crippen molar-refractivity contribution in [3.63, 3.8) is 0 Å². The minimum atomic E-state index is -0.632. The van der Waals surface area contributed by atoms with Gasteiger partial charge in [0, 0.05) is 5.02 Å². The van der Waals surface area contributed by atoms with E-state index < -0.39 is 5.82 Å². The van der Waals surface area contributed by atoms with Gasteiger partial charge in [-0.2, -0.15) is 0 Å². The molecule has 0 radical (unpaired) electrons. The first-order valence-electron chi connectivity index (χ1n) is 6.42. The highest BCUT2D eigenvalue weighted by atomic mass is 35.5. The second-order valence-corrected chi connectivity index (χ2v) is 5.54. The lowest BCUT2D eigenvalue weighted by Crippen LogP contribution is -2.31. The Kier molecular flexibility index (Phi) is 3.05. The number of benzene rings is 1. The number of amides is 2. The van der Waals surface area contributed by atoms with Crippen LogP contribution in [-0.4, -0.2) is 11.8 Å². The summed E-state index contributed by atoms with van der Waals surface area (Å²) in [7, 11) is 0. The minimum Gasteiger partial charge on any atom is -0.274 e. The van der Waals surface area contributed by atoms with Crippen LogP contribution < -0.4 is 4.90 Å². The van der Waals surface area contributed by atoms with Crippen LogP contribution in [0.4, 0.5) is 10.1 Å². The average Bonchev–Trinajstić information content (AvgIpc) is 2.64. The van der Waals surface area contributed by atoms with Crippen molar-refractivity contribution in [2.24, 2.45) is 11.8 Å². The summed E-state index contributed by atoms with van der Waals surface area (Å²) in [6.07, 6.45) is 3.36. The van der Waals surface area contributed by atoms with Gasteiger partial charge < -0.3 is 0 Å². The number of halogens is 2. The third-order valence-electron chi connectivity index (χ3n) is 3.99. The Morgan fingerprint density at radius 3 is 2.21 bits per heavy atom. The maximum absolute atomic E-state index is 13.9. The van der Waals surface area contributed by atoms with Gasteiger partial charge in [0.1, 0.15) is 5.82 Å². The van der Waals surface area contributed by atoms with E-state index in [0.29, 0.717) is 0 Å². The summed E-state index contributed by atoms with van der Waals surface area (Å²) in [4.78, 5) is 25.6. The first-order chi connectivity index (χ1) is 9.09. The van der Waals surface area contributed by atoms with Crippen molar-refractivity contribution in [3.05, 3.63) is 29.0 Å². The number of rotatable bonds is 1. The standard InChI is InChI=1S/C14H13ClFNO2/c15-8-5-6-12(11(16)7-8)17-13(18)9-3-1-2-4-10(9)14(17)19/h5-7,9-10H,1-4H2/t9-,10+. The van der Waals surface area contributed by atoms with Gasteiger partial charge in [0.05, 0.1) is 17.5 Å². The molecular formula is C14H13ClFNO2. The molecule has 1 aliphatic carbocycles. The molecule has 1 saturated carbocycles. The molecule has 0 bridgehead atoms. The van der Waals surface area contributed by atoms with Gasteiger partial charge in [-0.3, -0.25) is 9.59 Å². The van der Waals surface area contributed by atoms with Crippen molar-refractivity contribution in [1.82, 2.24) is 0 Å². The predicted octanol–water partition coefficient (Wildman–Crippen LogP) is 3.16. The zero-order valence-electron chi connectivity index (χ0n) is 10.2. The molecule has 1 aliphatic heterocycles. The highest BCUT2D eigenvalue weighted by molar-refractivity contribution is 6.30. The molecule has 0 spiro atoms. The minimum absolute atomic E-state index is 0.0220. The lowest BCUT2D eigenvalue weighted by Gasteiger charge is -2.19. The van der Waals surface area contributed by atoms with E-state index in [1.54, 1.807) is 0 Å². The third kappa shape index (κ3) is 1.94. The number of nitrogens with zero attached hydrogens (tertiary/aromatic N) is 1. The fraction of sp³-hybridized carbons (Fsp3) is 0.429. The van der Waals surface area contributed by atoms with Crippen LogP contribution in [0.15, 0.2) is 18.2 Å². The molecular weight excluding hydrogens is 269 g/mol. The van der Waals surface area contributed by atoms with Crippen LogP contribution >= 0.6 is 11.6 Å². The SMILES string of the molecule is O=C1[C@H]2CCCC[C@H]2C(=O)N1c1ccc(Cl)cc1F. The average molecular weight is 282 g/mol. The quantitative estimate of drug-likeness (QED) is 0.742. The normalized spacial score (nSPS) is 26.7. The van der Waals surface area contributed by atoms with Crippen molar-refractivity contribution in [2.75, 3.05) is 4.90 Å². The Bertz CT molecular complexity index is 536. The van der Waals surface area contributed by atoms with Gasteiger partial charge in [-0.05, 0) is 31.0 Å². The molecule has 2 amide bonds. The molecule has 0 N–H and O–H groups in total. The highest BCUT2D eigenvalue weighted by Gasteiger charge is 2.49. The van der Waals surface area contributed by atoms with Crippen molar-refractivity contribution < 1.29 is 14.0 Å². The summed E-state index contributed by atoms with van der Waals surface area (Å²) in [5, 5.41) is 0.248. The zero-order valence-corrected chi connectivity index (χ0v) is 11.0. The number of hydrogen-bond donors (Lipinski definition) is 0. The first kappa shape index (κ1) is 12.6. The second-order valence-electron chi connectivity index (χ2n) is 5.11. The van der Waals surface area contributed by atoms with Gasteiger partial charge >= 0.3 is 0 Å². The maximum atomic E-state index is 13.9. The number of imide groups is 1. The smallest absolute Gasteiger partial charge is 0.237 e. The van der Waals surface area contributed by atoms with Crippen molar-refractivity contribution in [3.8, 4) is 0 Å². The van der Waals surface area contributed by atoms with Gasteiger partial charge in [0.2, 0.25) is 11.8 Å². The van der Waals surface area contributed by atoms with Crippen LogP contribution in [0.25, 0.3) is 0 Å². The second kappa shape index (κ2) is 4.60. The molecule has 0 aromatic heterocycles. The highest BCUT2D eigenvalue weighted by Crippen LogP contribution is 2.40. The Balaban J connectivity index is 2.00. The van der Waals surface area contributed by atoms with E-state index in [4.69, 9.17) is 11.6 Å². The maximum Gasteiger partial charge on any atom is 0.237 e. The summed E-state index contributed by atoms with van der Waals surface area (Å²) in [6.45, 7) is 0. The van der Waals surface area contributed by atoms with Gasteiger partial charge in [-0.15, -0.1) is 0 Å². The van der Waals surface area contributed by atoms with E-state index in [2.05, 4.69) is 0 Å². The predicted molar refractivity (Wildman–Crippen MR) is 69.4 cm³/mol. The monoisotopic (exact) mass is 281 g/mol. The van der Waals surface area contributed by atoms with Gasteiger partial charge in [0.25, 0.3) is 0 Å². The summed E-state index contributed by atoms with van der Waals surface area (Å²) in [5.74, 6) is -1.70. The van der Waals surface area contributed by atoms with E-state index in [-0.39, 0.29) is 34.4 Å². The number of hydrogen-bond acceptors (Lipinski definition) is 2. The topological polar surface area (TPSA) is 37.4 Å². The van der Waals surface area contributed by atoms with Crippen LogP contribution in [0.1, 0.15) is 25.7 Å². The van der Waals surface area contributed by atoms with Gasteiger partial charge in [-0.1, -0.05) is 24.4 Å². The van der Waals surface area contributed by atoms with Crippen LogP contribution in [-0.2, 0) is 9.59 Å². The number of carbonyl (C=O) groups is 2. The molecule has 2 atom stereocenters. The van der Waals surface area contributed by atoms with E-state index in [1.165, 1.54) is 12.1 Å². The fourth-order valence-electron chi connectivity index (χ4n) is 3.06. The molecule has 19 heavy (non-hydrogen) atoms. The molecule has 3 nitrogen and oxygen atoms in total. The van der Waals surface area contributed by atoms with Crippen molar-refractivity contribution in [2.45, 2.75) is 25.7 Å². The van der Waals surface area contributed by atoms with Crippen molar-refractivity contribution in [1.29, 1.82) is 0 Å². The Morgan fingerprint density at radius 1 is 1.11 bits per heavy atom. The van der Waals surface area contributed by atoms with E-state index in [0.717, 1.165) is 36.6 Å². The number of carbonyl (C=O) groups excluding carboxylic acids is 2. The molecule has 1 heterocycles. The Labute approximate surface area is 115 Å². The van der Waals surface area contributed by atoms with Gasteiger partial charge in [0.15, 0.2) is 0 Å². The molecule has 2 aliphatic rings. The van der Waals surface area contributed by atoms with E-state index >= 15 is 0 Å². The molecule has 100 valence electrons. The Morgan fingerprint density at radius 2 is 1.68 bits per heavy atom. The number of fused-ring (bicyclic) bond motifs is 1. The summed E-state index contributed by atoms with van der Waals surface area (Å²) < 4.78 is 13.9. The van der Waals surface area contributed by atoms with Crippen LogP contribution in [0.5, 0.6) is 0 Å². The van der Waals surface area contributed by atoms with Crippen LogP contribution in [0.3, 0.4) is 0 Å². The summed E-state index contributed by atoms with van der Waals surface area (Å²) in [5.41, 5.74) is 0.0220. The first-order valence-corrected chi connectivity index (χ1v) is 6.80. The molecule has 3 rings (SSSR count).